The monoisotopic (exact) mass is 478 g/mol. The Morgan fingerprint density at radius 3 is 2.46 bits per heavy atom. The van der Waals surface area contributed by atoms with E-state index in [1.165, 1.54) is 16.7 Å². The summed E-state index contributed by atoms with van der Waals surface area (Å²) in [5.74, 6) is 0.407. The minimum Gasteiger partial charge on any atom is -0.443 e. The molecule has 4 rings (SSSR count). The zero-order valence-electron chi connectivity index (χ0n) is 20.4. The number of rotatable bonds is 4. The van der Waals surface area contributed by atoms with E-state index in [-0.39, 0.29) is 23.6 Å². The fourth-order valence-corrected chi connectivity index (χ4v) is 4.52. The van der Waals surface area contributed by atoms with Gasteiger partial charge in [-0.05, 0) is 71.6 Å². The first kappa shape index (κ1) is 24.4. The van der Waals surface area contributed by atoms with Crippen molar-refractivity contribution in [3.05, 3.63) is 69.5 Å². The molecule has 1 aromatic heterocycles. The first-order chi connectivity index (χ1) is 16.5. The van der Waals surface area contributed by atoms with Crippen molar-refractivity contribution in [3.63, 3.8) is 0 Å². The van der Waals surface area contributed by atoms with Crippen LogP contribution in [0.15, 0.2) is 42.5 Å². The lowest BCUT2D eigenvalue weighted by Gasteiger charge is -2.29. The molecule has 3 aromatic rings. The van der Waals surface area contributed by atoms with Gasteiger partial charge in [0.2, 0.25) is 0 Å². The Kier molecular flexibility index (Phi) is 6.60. The number of carbonyl (C=O) groups is 2. The Morgan fingerprint density at radius 2 is 1.83 bits per heavy atom. The average molecular weight is 479 g/mol. The van der Waals surface area contributed by atoms with Crippen molar-refractivity contribution in [2.24, 2.45) is 0 Å². The molecular weight excluding hydrogens is 448 g/mol. The van der Waals surface area contributed by atoms with Gasteiger partial charge in [0, 0.05) is 29.7 Å². The van der Waals surface area contributed by atoms with Gasteiger partial charge in [-0.25, -0.2) is 14.3 Å². The first-order valence-corrected chi connectivity index (χ1v) is 11.8. The number of benzene rings is 2. The molecule has 1 amide bonds. The molecule has 1 heterocycles. The predicted molar refractivity (Wildman–Crippen MR) is 132 cm³/mol. The lowest BCUT2D eigenvalue weighted by Crippen LogP contribution is -2.38. The molecule has 0 atom stereocenters. The molecule has 0 unspecified atom stereocenters. The van der Waals surface area contributed by atoms with Crippen LogP contribution in [0.25, 0.3) is 11.0 Å². The minimum absolute atomic E-state index is 0.0275. The quantitative estimate of drug-likeness (QED) is 0.391. The molecule has 0 radical (unpaired) electrons. The molecule has 9 heteroatoms. The van der Waals surface area contributed by atoms with Gasteiger partial charge in [-0.1, -0.05) is 17.7 Å². The maximum absolute atomic E-state index is 13.1. The van der Waals surface area contributed by atoms with E-state index in [0.717, 1.165) is 18.4 Å². The molecule has 1 aliphatic carbocycles. The van der Waals surface area contributed by atoms with Crippen molar-refractivity contribution in [3.8, 4) is 0 Å². The summed E-state index contributed by atoms with van der Waals surface area (Å²) in [5.41, 5.74) is 1.69. The van der Waals surface area contributed by atoms with Crippen LogP contribution in [0.5, 0.6) is 0 Å². The van der Waals surface area contributed by atoms with Crippen molar-refractivity contribution in [2.45, 2.75) is 70.9 Å². The summed E-state index contributed by atoms with van der Waals surface area (Å²) in [6, 6.07) is 11.8. The van der Waals surface area contributed by atoms with Crippen molar-refractivity contribution in [2.75, 3.05) is 0 Å². The zero-order valence-corrected chi connectivity index (χ0v) is 20.4. The molecule has 1 aliphatic rings. The van der Waals surface area contributed by atoms with E-state index >= 15 is 0 Å². The van der Waals surface area contributed by atoms with Gasteiger partial charge in [-0.15, -0.1) is 0 Å². The molecule has 0 bridgehead atoms. The maximum atomic E-state index is 13.1. The highest BCUT2D eigenvalue weighted by Crippen LogP contribution is 2.35. The van der Waals surface area contributed by atoms with Crippen LogP contribution in [0.1, 0.15) is 74.1 Å². The maximum Gasteiger partial charge on any atom is 0.420 e. The zero-order chi connectivity index (χ0) is 25.3. The van der Waals surface area contributed by atoms with E-state index in [1.807, 2.05) is 25.1 Å². The summed E-state index contributed by atoms with van der Waals surface area (Å²) in [4.78, 5) is 41.3. The third-order valence-corrected chi connectivity index (χ3v) is 6.16. The number of nitrogens with zero attached hydrogens (tertiary/aromatic N) is 3. The third kappa shape index (κ3) is 5.50. The lowest BCUT2D eigenvalue weighted by atomic mass is 9.85. The van der Waals surface area contributed by atoms with Crippen LogP contribution in [-0.4, -0.2) is 38.1 Å². The van der Waals surface area contributed by atoms with E-state index in [2.05, 4.69) is 10.3 Å². The Labute approximate surface area is 203 Å². The number of amides is 1. The van der Waals surface area contributed by atoms with Crippen molar-refractivity contribution >= 4 is 28.7 Å². The molecule has 0 aliphatic heterocycles. The number of hydrogen-bond donors (Lipinski definition) is 1. The summed E-state index contributed by atoms with van der Waals surface area (Å²) in [7, 11) is 0. The van der Waals surface area contributed by atoms with Crippen molar-refractivity contribution in [1.29, 1.82) is 0 Å². The highest BCUT2D eigenvalue weighted by atomic mass is 16.6. The van der Waals surface area contributed by atoms with Crippen LogP contribution < -0.4 is 5.32 Å². The SMILES string of the molecule is Cc1cccc(C(=O)NC2CCC(c3nc4ccc([N+](=O)[O-])cc4n3C(=O)OC(C)(C)C)CC2)c1. The van der Waals surface area contributed by atoms with Crippen LogP contribution >= 0.6 is 0 Å². The number of hydrogen-bond acceptors (Lipinski definition) is 6. The molecule has 1 saturated carbocycles. The van der Waals surface area contributed by atoms with Gasteiger partial charge in [0.25, 0.3) is 11.6 Å². The Hall–Kier alpha value is -3.75. The number of nitro groups is 1. The smallest absolute Gasteiger partial charge is 0.420 e. The highest BCUT2D eigenvalue weighted by molar-refractivity contribution is 5.94. The fourth-order valence-electron chi connectivity index (χ4n) is 4.52. The number of non-ortho nitro benzene ring substituents is 1. The molecular formula is C26H30N4O5. The lowest BCUT2D eigenvalue weighted by molar-refractivity contribution is -0.384. The minimum atomic E-state index is -0.733. The van der Waals surface area contributed by atoms with Gasteiger partial charge in [0.1, 0.15) is 11.4 Å². The molecule has 0 saturated heterocycles. The van der Waals surface area contributed by atoms with Gasteiger partial charge in [-0.3, -0.25) is 14.9 Å². The largest absolute Gasteiger partial charge is 0.443 e. The molecule has 184 valence electrons. The van der Waals surface area contributed by atoms with E-state index < -0.39 is 16.6 Å². The van der Waals surface area contributed by atoms with Crippen LogP contribution in [0.2, 0.25) is 0 Å². The normalized spacial score (nSPS) is 18.3. The Bertz CT molecular complexity index is 1280. The van der Waals surface area contributed by atoms with Crippen LogP contribution in [0, 0.1) is 17.0 Å². The second kappa shape index (κ2) is 9.48. The molecule has 35 heavy (non-hydrogen) atoms. The van der Waals surface area contributed by atoms with Crippen molar-refractivity contribution < 1.29 is 19.2 Å². The first-order valence-electron chi connectivity index (χ1n) is 11.8. The number of nitrogens with one attached hydrogen (secondary N) is 1. The fraction of sp³-hybridized carbons (Fsp3) is 0.423. The highest BCUT2D eigenvalue weighted by Gasteiger charge is 2.31. The second-order valence-electron chi connectivity index (χ2n) is 10.1. The van der Waals surface area contributed by atoms with Crippen molar-refractivity contribution in [1.82, 2.24) is 14.9 Å². The third-order valence-electron chi connectivity index (χ3n) is 6.16. The van der Waals surface area contributed by atoms with Crippen LogP contribution in [0.3, 0.4) is 0 Å². The van der Waals surface area contributed by atoms with E-state index in [4.69, 9.17) is 4.74 Å². The van der Waals surface area contributed by atoms with Gasteiger partial charge >= 0.3 is 6.09 Å². The van der Waals surface area contributed by atoms with Gasteiger partial charge in [0.05, 0.1) is 16.0 Å². The number of nitro benzene ring substituents is 1. The second-order valence-corrected chi connectivity index (χ2v) is 10.1. The van der Waals surface area contributed by atoms with Gasteiger partial charge in [-0.2, -0.15) is 0 Å². The summed E-state index contributed by atoms with van der Waals surface area (Å²) < 4.78 is 6.99. The standard InChI is InChI=1S/C26H30N4O5/c1-16-6-5-7-18(14-16)24(31)27-19-10-8-17(9-11-19)23-28-21-13-12-20(30(33)34)15-22(21)29(23)25(32)35-26(2,3)4/h5-7,12-15,17,19H,8-11H2,1-4H3,(H,27,31). The predicted octanol–water partition coefficient (Wildman–Crippen LogP) is 5.49. The number of aromatic nitrogens is 2. The summed E-state index contributed by atoms with van der Waals surface area (Å²) in [6.45, 7) is 7.27. The summed E-state index contributed by atoms with van der Waals surface area (Å²) >= 11 is 0. The molecule has 1 N–H and O–H groups in total. The summed E-state index contributed by atoms with van der Waals surface area (Å²) in [6.07, 6.45) is 2.30. The number of imidazole rings is 1. The average Bonchev–Trinajstić information content (AvgIpc) is 3.17. The number of aryl methyl sites for hydroxylation is 1. The Morgan fingerprint density at radius 1 is 1.11 bits per heavy atom. The summed E-state index contributed by atoms with van der Waals surface area (Å²) in [5, 5.41) is 14.5. The number of ether oxygens (including phenoxy) is 1. The number of carbonyl (C=O) groups excluding carboxylic acids is 2. The molecule has 2 aromatic carbocycles. The van der Waals surface area contributed by atoms with E-state index in [1.54, 1.807) is 32.9 Å². The molecule has 9 nitrogen and oxygen atoms in total. The molecule has 1 fully saturated rings. The Balaban J connectivity index is 1.56. The molecule has 0 spiro atoms. The topological polar surface area (TPSA) is 116 Å². The van der Waals surface area contributed by atoms with Gasteiger partial charge < -0.3 is 10.1 Å². The number of fused-ring (bicyclic) bond motifs is 1. The van der Waals surface area contributed by atoms with Crippen LogP contribution in [0.4, 0.5) is 10.5 Å². The van der Waals surface area contributed by atoms with Gasteiger partial charge in [0.15, 0.2) is 0 Å². The van der Waals surface area contributed by atoms with Crippen LogP contribution in [-0.2, 0) is 4.74 Å². The van der Waals surface area contributed by atoms with E-state index in [9.17, 15) is 19.7 Å². The van der Waals surface area contributed by atoms with E-state index in [0.29, 0.717) is 35.3 Å².